The molecule has 0 radical (unpaired) electrons. The van der Waals surface area contributed by atoms with Crippen molar-refractivity contribution in [1.82, 2.24) is 0 Å². The zero-order chi connectivity index (χ0) is 16.9. The number of carboxylic acids is 1. The van der Waals surface area contributed by atoms with E-state index >= 15 is 0 Å². The predicted molar refractivity (Wildman–Crippen MR) is 82.9 cm³/mol. The average Bonchev–Trinajstić information content (AvgIpc) is 2.39. The second-order valence-corrected chi connectivity index (χ2v) is 5.60. The summed E-state index contributed by atoms with van der Waals surface area (Å²) in [6, 6.07) is 4.08. The maximum absolute atomic E-state index is 12.7. The quantitative estimate of drug-likeness (QED) is 0.600. The van der Waals surface area contributed by atoms with Crippen LogP contribution >= 0.6 is 0 Å². The number of halogens is 2. The fourth-order valence-electron chi connectivity index (χ4n) is 2.32. The topological polar surface area (TPSA) is 75.7 Å². The van der Waals surface area contributed by atoms with Crippen LogP contribution in [0.25, 0.3) is 0 Å². The Morgan fingerprint density at radius 1 is 1.36 bits per heavy atom. The van der Waals surface area contributed by atoms with Gasteiger partial charge in [-0.15, -0.1) is 0 Å². The summed E-state index contributed by atoms with van der Waals surface area (Å²) in [7, 11) is 0. The normalized spacial score (nSPS) is 14.5. The number of hydrogen-bond acceptors (Lipinski definition) is 3. The lowest BCUT2D eigenvalue weighted by Gasteiger charge is -2.22. The number of carboxylic acid groups (broad SMARTS) is 1. The van der Waals surface area contributed by atoms with Crippen molar-refractivity contribution in [1.29, 1.82) is 0 Å². The zero-order valence-electron chi connectivity index (χ0n) is 13.1. The van der Waals surface area contributed by atoms with E-state index in [1.165, 1.54) is 5.56 Å². The SMILES string of the molecule is Cc1cc(C)c(/C=N/CCCC(N)(C(=O)O)C(F)F)c(C)c1. The van der Waals surface area contributed by atoms with Crippen LogP contribution in [0.1, 0.15) is 35.1 Å². The Morgan fingerprint density at radius 2 is 1.91 bits per heavy atom. The summed E-state index contributed by atoms with van der Waals surface area (Å²) in [6.45, 7) is 6.23. The fourth-order valence-corrected chi connectivity index (χ4v) is 2.32. The molecule has 6 heteroatoms. The molecule has 0 fully saturated rings. The van der Waals surface area contributed by atoms with Crippen molar-refractivity contribution in [3.05, 3.63) is 34.4 Å². The Kier molecular flexibility index (Phi) is 6.17. The van der Waals surface area contributed by atoms with Gasteiger partial charge in [-0.1, -0.05) is 17.7 Å². The van der Waals surface area contributed by atoms with E-state index in [0.29, 0.717) is 0 Å². The van der Waals surface area contributed by atoms with Gasteiger partial charge in [-0.25, -0.2) is 13.6 Å². The molecule has 1 aromatic carbocycles. The summed E-state index contributed by atoms with van der Waals surface area (Å²) in [5, 5.41) is 8.79. The number of benzene rings is 1. The summed E-state index contributed by atoms with van der Waals surface area (Å²) >= 11 is 0. The molecule has 0 amide bonds. The molecule has 1 rings (SSSR count). The fraction of sp³-hybridized carbons (Fsp3) is 0.500. The van der Waals surface area contributed by atoms with Crippen molar-refractivity contribution < 1.29 is 18.7 Å². The standard InChI is InChI=1S/C16H22F2N2O2/c1-10-7-11(2)13(12(3)8-10)9-20-6-4-5-16(19,14(17)18)15(21)22/h7-9,14H,4-6,19H2,1-3H3,(H,21,22)/b20-9+. The molecule has 0 bridgehead atoms. The molecule has 0 aliphatic carbocycles. The van der Waals surface area contributed by atoms with E-state index in [-0.39, 0.29) is 19.4 Å². The second kappa shape index (κ2) is 7.45. The maximum atomic E-state index is 12.7. The van der Waals surface area contributed by atoms with Gasteiger partial charge in [-0.05, 0) is 50.3 Å². The predicted octanol–water partition coefficient (Wildman–Crippen LogP) is 2.86. The first-order chi connectivity index (χ1) is 10.2. The van der Waals surface area contributed by atoms with Gasteiger partial charge < -0.3 is 10.8 Å². The summed E-state index contributed by atoms with van der Waals surface area (Å²) in [5.74, 6) is -1.68. The van der Waals surface area contributed by atoms with E-state index in [2.05, 4.69) is 4.99 Å². The van der Waals surface area contributed by atoms with Crippen LogP contribution < -0.4 is 5.73 Å². The molecule has 0 saturated heterocycles. The molecule has 22 heavy (non-hydrogen) atoms. The van der Waals surface area contributed by atoms with E-state index in [4.69, 9.17) is 10.8 Å². The maximum Gasteiger partial charge on any atom is 0.329 e. The molecular weight excluding hydrogens is 290 g/mol. The van der Waals surface area contributed by atoms with E-state index in [0.717, 1.165) is 16.7 Å². The molecule has 1 atom stereocenters. The number of rotatable bonds is 7. The number of nitrogens with two attached hydrogens (primary N) is 1. The summed E-state index contributed by atoms with van der Waals surface area (Å²) in [5.41, 5.74) is 7.09. The molecule has 0 heterocycles. The first-order valence-electron chi connectivity index (χ1n) is 7.06. The summed E-state index contributed by atoms with van der Waals surface area (Å²) in [6.07, 6.45) is -1.53. The average molecular weight is 312 g/mol. The van der Waals surface area contributed by atoms with Gasteiger partial charge in [-0.3, -0.25) is 4.99 Å². The molecular formula is C16H22F2N2O2. The number of aryl methyl sites for hydroxylation is 3. The van der Waals surface area contributed by atoms with Gasteiger partial charge in [0.05, 0.1) is 0 Å². The lowest BCUT2D eigenvalue weighted by atomic mass is 9.95. The van der Waals surface area contributed by atoms with Gasteiger partial charge in [0.25, 0.3) is 6.43 Å². The van der Waals surface area contributed by atoms with Gasteiger partial charge in [0.2, 0.25) is 0 Å². The highest BCUT2D eigenvalue weighted by molar-refractivity contribution is 5.84. The number of carbonyl (C=O) groups is 1. The second-order valence-electron chi connectivity index (χ2n) is 5.60. The lowest BCUT2D eigenvalue weighted by molar-refractivity contribution is -0.150. The number of alkyl halides is 2. The minimum atomic E-state index is -3.10. The minimum Gasteiger partial charge on any atom is -0.480 e. The van der Waals surface area contributed by atoms with E-state index in [1.54, 1.807) is 6.21 Å². The molecule has 122 valence electrons. The van der Waals surface area contributed by atoms with Crippen molar-refractivity contribution in [3.8, 4) is 0 Å². The molecule has 1 aromatic rings. The molecule has 3 N–H and O–H groups in total. The van der Waals surface area contributed by atoms with Gasteiger partial charge in [0, 0.05) is 12.8 Å². The number of nitrogens with zero attached hydrogens (tertiary/aromatic N) is 1. The van der Waals surface area contributed by atoms with Crippen molar-refractivity contribution in [2.24, 2.45) is 10.7 Å². The van der Waals surface area contributed by atoms with E-state index in [9.17, 15) is 13.6 Å². The van der Waals surface area contributed by atoms with Crippen molar-refractivity contribution in [2.45, 2.75) is 45.6 Å². The zero-order valence-corrected chi connectivity index (χ0v) is 13.1. The highest BCUT2D eigenvalue weighted by Crippen LogP contribution is 2.19. The molecule has 0 spiro atoms. The molecule has 0 aliphatic heterocycles. The summed E-state index contributed by atoms with van der Waals surface area (Å²) < 4.78 is 25.4. The monoisotopic (exact) mass is 312 g/mol. The third-order valence-corrected chi connectivity index (χ3v) is 3.62. The largest absolute Gasteiger partial charge is 0.480 e. The van der Waals surface area contributed by atoms with Crippen LogP contribution in [0.2, 0.25) is 0 Å². The van der Waals surface area contributed by atoms with Crippen LogP contribution in [0.5, 0.6) is 0 Å². The number of aliphatic imine (C=N–C) groups is 1. The van der Waals surface area contributed by atoms with Gasteiger partial charge in [-0.2, -0.15) is 0 Å². The minimum absolute atomic E-state index is 0.188. The van der Waals surface area contributed by atoms with Crippen LogP contribution in [0.4, 0.5) is 8.78 Å². The molecule has 0 aromatic heterocycles. The highest BCUT2D eigenvalue weighted by atomic mass is 19.3. The van der Waals surface area contributed by atoms with Gasteiger partial charge >= 0.3 is 5.97 Å². The van der Waals surface area contributed by atoms with Crippen molar-refractivity contribution in [3.63, 3.8) is 0 Å². The van der Waals surface area contributed by atoms with Crippen LogP contribution in [-0.2, 0) is 4.79 Å². The van der Waals surface area contributed by atoms with Crippen LogP contribution in [-0.4, -0.2) is 35.8 Å². The molecule has 4 nitrogen and oxygen atoms in total. The van der Waals surface area contributed by atoms with Crippen molar-refractivity contribution >= 4 is 12.2 Å². The van der Waals surface area contributed by atoms with E-state index < -0.39 is 17.9 Å². The Hall–Kier alpha value is -1.82. The highest BCUT2D eigenvalue weighted by Gasteiger charge is 2.43. The number of hydrogen-bond donors (Lipinski definition) is 2. The molecule has 0 aliphatic rings. The number of aliphatic carboxylic acids is 1. The first kappa shape index (κ1) is 18.2. The third-order valence-electron chi connectivity index (χ3n) is 3.62. The Morgan fingerprint density at radius 3 is 2.36 bits per heavy atom. The summed E-state index contributed by atoms with van der Waals surface area (Å²) in [4.78, 5) is 15.0. The Bertz CT molecular complexity index is 550. The Labute approximate surface area is 129 Å². The van der Waals surface area contributed by atoms with E-state index in [1.807, 2.05) is 32.9 Å². The van der Waals surface area contributed by atoms with Crippen LogP contribution in [0.3, 0.4) is 0 Å². The van der Waals surface area contributed by atoms with Crippen molar-refractivity contribution in [2.75, 3.05) is 6.54 Å². The lowest BCUT2D eigenvalue weighted by Crippen LogP contribution is -2.54. The smallest absolute Gasteiger partial charge is 0.329 e. The van der Waals surface area contributed by atoms with Crippen LogP contribution in [0.15, 0.2) is 17.1 Å². The van der Waals surface area contributed by atoms with Gasteiger partial charge in [0.15, 0.2) is 5.54 Å². The molecule has 1 unspecified atom stereocenters. The molecule has 0 saturated carbocycles. The van der Waals surface area contributed by atoms with Crippen LogP contribution in [0, 0.1) is 20.8 Å². The van der Waals surface area contributed by atoms with Gasteiger partial charge in [0.1, 0.15) is 0 Å². The Balaban J connectivity index is 2.63. The third kappa shape index (κ3) is 4.34. The first-order valence-corrected chi connectivity index (χ1v) is 7.06.